The van der Waals surface area contributed by atoms with Crippen molar-refractivity contribution in [1.29, 1.82) is 0 Å². The lowest BCUT2D eigenvalue weighted by Gasteiger charge is -2.31. The van der Waals surface area contributed by atoms with Gasteiger partial charge in [-0.05, 0) is 68.7 Å². The molecular formula is C31H36N2O5S. The van der Waals surface area contributed by atoms with Crippen molar-refractivity contribution < 1.29 is 23.5 Å². The number of carbonyl (C=O) groups is 2. The number of hydrogen-bond donors (Lipinski definition) is 0. The Balaban J connectivity index is 1.41. The van der Waals surface area contributed by atoms with Gasteiger partial charge in [-0.25, -0.2) is 4.79 Å². The average Bonchev–Trinajstić information content (AvgIpc) is 3.60. The van der Waals surface area contributed by atoms with Crippen molar-refractivity contribution in [2.75, 3.05) is 31.8 Å². The number of carbonyl (C=O) groups excluding carboxylic acids is 2. The molecule has 1 amide bonds. The molecule has 2 aliphatic carbocycles. The Labute approximate surface area is 233 Å². The van der Waals surface area contributed by atoms with Crippen LogP contribution in [0.15, 0.2) is 53.1 Å². The van der Waals surface area contributed by atoms with Crippen LogP contribution in [0.25, 0.3) is 16.7 Å². The first kappa shape index (κ1) is 27.3. The lowest BCUT2D eigenvalue weighted by atomic mass is 9.82. The van der Waals surface area contributed by atoms with Crippen molar-refractivity contribution in [1.82, 2.24) is 4.98 Å². The highest BCUT2D eigenvalue weighted by Gasteiger charge is 2.32. The van der Waals surface area contributed by atoms with E-state index in [0.717, 1.165) is 59.4 Å². The quantitative estimate of drug-likeness (QED) is 0.212. The molecule has 0 aromatic carbocycles. The molecule has 7 nitrogen and oxygen atoms in total. The maximum atomic E-state index is 13.8. The largest absolute Gasteiger partial charge is 0.465 e. The third kappa shape index (κ3) is 6.02. The molecule has 3 aromatic heterocycles. The highest BCUT2D eigenvalue weighted by atomic mass is 32.1. The first-order valence-corrected chi connectivity index (χ1v) is 14.6. The van der Waals surface area contributed by atoms with Crippen LogP contribution in [-0.4, -0.2) is 43.7 Å². The molecule has 1 fully saturated rings. The highest BCUT2D eigenvalue weighted by Crippen LogP contribution is 2.40. The van der Waals surface area contributed by atoms with Gasteiger partial charge in [-0.1, -0.05) is 25.2 Å². The zero-order chi connectivity index (χ0) is 27.4. The summed E-state index contributed by atoms with van der Waals surface area (Å²) in [6.45, 7) is 5.56. The minimum Gasteiger partial charge on any atom is -0.465 e. The minimum atomic E-state index is -0.430. The van der Waals surface area contributed by atoms with E-state index in [-0.39, 0.29) is 17.7 Å². The number of anilines is 1. The van der Waals surface area contributed by atoms with Crippen molar-refractivity contribution in [2.24, 2.45) is 11.8 Å². The van der Waals surface area contributed by atoms with Crippen molar-refractivity contribution >= 4 is 45.6 Å². The number of thiophene rings is 1. The number of methoxy groups -OCH3 is 1. The minimum absolute atomic E-state index is 0.0375. The number of esters is 1. The summed E-state index contributed by atoms with van der Waals surface area (Å²) in [6.07, 6.45) is 12.7. The maximum absolute atomic E-state index is 13.8. The van der Waals surface area contributed by atoms with Crippen LogP contribution >= 0.6 is 11.3 Å². The van der Waals surface area contributed by atoms with Gasteiger partial charge in [0.25, 0.3) is 0 Å². The summed E-state index contributed by atoms with van der Waals surface area (Å²) in [5.74, 6) is 1.24. The normalized spacial score (nSPS) is 21.1. The summed E-state index contributed by atoms with van der Waals surface area (Å²) in [5.41, 5.74) is 3.27. The highest BCUT2D eigenvalue weighted by molar-refractivity contribution is 7.15. The van der Waals surface area contributed by atoms with Crippen LogP contribution in [0.3, 0.4) is 0 Å². The predicted molar refractivity (Wildman–Crippen MR) is 154 cm³/mol. The van der Waals surface area contributed by atoms with Crippen LogP contribution < -0.4 is 4.90 Å². The molecule has 206 valence electrons. The number of furan rings is 1. The number of nitrogens with zero attached hydrogens (tertiary/aromatic N) is 2. The number of aromatic nitrogens is 1. The Morgan fingerprint density at radius 1 is 1.21 bits per heavy atom. The van der Waals surface area contributed by atoms with Crippen molar-refractivity contribution in [3.63, 3.8) is 0 Å². The van der Waals surface area contributed by atoms with Gasteiger partial charge in [0.1, 0.15) is 16.2 Å². The summed E-state index contributed by atoms with van der Waals surface area (Å²) < 4.78 is 16.8. The third-order valence-electron chi connectivity index (χ3n) is 7.72. The molecule has 3 heterocycles. The van der Waals surface area contributed by atoms with Crippen LogP contribution in [0.2, 0.25) is 0 Å². The number of pyridine rings is 1. The molecule has 0 spiro atoms. The summed E-state index contributed by atoms with van der Waals surface area (Å²) >= 11 is 1.37. The molecule has 1 unspecified atom stereocenters. The number of fused-ring (bicyclic) bond motifs is 1. The molecule has 1 atom stereocenters. The van der Waals surface area contributed by atoms with Gasteiger partial charge in [0, 0.05) is 42.1 Å². The van der Waals surface area contributed by atoms with Crippen LogP contribution in [0.1, 0.15) is 72.2 Å². The molecule has 0 N–H and O–H groups in total. The van der Waals surface area contributed by atoms with Crippen LogP contribution in [-0.2, 0) is 14.3 Å². The molecule has 3 aromatic rings. The monoisotopic (exact) mass is 548 g/mol. The van der Waals surface area contributed by atoms with Crippen LogP contribution in [0.5, 0.6) is 0 Å². The number of amides is 1. The second kappa shape index (κ2) is 12.3. The van der Waals surface area contributed by atoms with Crippen LogP contribution in [0.4, 0.5) is 5.69 Å². The Kier molecular flexibility index (Phi) is 8.63. The topological polar surface area (TPSA) is 81.9 Å². The van der Waals surface area contributed by atoms with E-state index in [4.69, 9.17) is 13.9 Å². The van der Waals surface area contributed by atoms with E-state index in [1.807, 2.05) is 31.2 Å². The number of allylic oxidation sites excluding steroid dienone is 4. The summed E-state index contributed by atoms with van der Waals surface area (Å²) in [5, 5.41) is 0. The molecule has 0 aliphatic heterocycles. The fraction of sp³-hybridized carbons (Fsp3) is 0.452. The molecule has 39 heavy (non-hydrogen) atoms. The Morgan fingerprint density at radius 3 is 2.72 bits per heavy atom. The zero-order valence-electron chi connectivity index (χ0n) is 22.9. The fourth-order valence-corrected chi connectivity index (χ4v) is 6.53. The zero-order valence-corrected chi connectivity index (χ0v) is 23.7. The van der Waals surface area contributed by atoms with E-state index in [1.165, 1.54) is 18.4 Å². The SMILES string of the molecule is CCOCCN(C(=O)C1CCC(C)CC1)c1cc(C2=CCC(c3cc4ncccc4o3)C=C2)sc1C(=O)OC. The first-order valence-electron chi connectivity index (χ1n) is 13.8. The Bertz CT molecular complexity index is 1350. The second-order valence-corrected chi connectivity index (χ2v) is 11.4. The molecule has 0 radical (unpaired) electrons. The van der Waals surface area contributed by atoms with E-state index in [1.54, 1.807) is 11.1 Å². The van der Waals surface area contributed by atoms with E-state index < -0.39 is 5.97 Å². The summed E-state index contributed by atoms with van der Waals surface area (Å²) in [6, 6.07) is 7.76. The third-order valence-corrected chi connectivity index (χ3v) is 8.88. The molecule has 1 saturated carbocycles. The molecule has 8 heteroatoms. The molecule has 5 rings (SSSR count). The number of hydrogen-bond acceptors (Lipinski definition) is 7. The molecule has 0 bridgehead atoms. The fourth-order valence-electron chi connectivity index (χ4n) is 5.43. The summed E-state index contributed by atoms with van der Waals surface area (Å²) in [4.78, 5) is 34.2. The van der Waals surface area contributed by atoms with Crippen molar-refractivity contribution in [3.05, 3.63) is 64.2 Å². The standard InChI is InChI=1S/C31H36N2O5S/c1-4-37-17-16-33(30(34)23-9-7-20(2)8-10-23)25-19-28(39-29(25)31(35)36-3)22-13-11-21(12-14-22)27-18-24-26(38-27)6-5-15-32-24/h5-6,11,13-15,18-21,23H,4,7-10,12,16-17H2,1-3H3. The number of rotatable bonds is 9. The smallest absolute Gasteiger partial charge is 0.350 e. The van der Waals surface area contributed by atoms with Gasteiger partial charge in [-0.2, -0.15) is 0 Å². The van der Waals surface area contributed by atoms with Gasteiger partial charge in [0.15, 0.2) is 5.58 Å². The van der Waals surface area contributed by atoms with Gasteiger partial charge in [-0.3, -0.25) is 9.78 Å². The maximum Gasteiger partial charge on any atom is 0.350 e. The van der Waals surface area contributed by atoms with Gasteiger partial charge >= 0.3 is 5.97 Å². The van der Waals surface area contributed by atoms with Crippen molar-refractivity contribution in [3.8, 4) is 0 Å². The molecular weight excluding hydrogens is 512 g/mol. The van der Waals surface area contributed by atoms with Gasteiger partial charge in [0.05, 0.1) is 19.4 Å². The Hall–Kier alpha value is -3.23. The predicted octanol–water partition coefficient (Wildman–Crippen LogP) is 7.00. The molecule has 0 saturated heterocycles. The second-order valence-electron chi connectivity index (χ2n) is 10.4. The lowest BCUT2D eigenvalue weighted by Crippen LogP contribution is -2.40. The van der Waals surface area contributed by atoms with E-state index in [0.29, 0.717) is 36.2 Å². The van der Waals surface area contributed by atoms with E-state index >= 15 is 0 Å². The number of ether oxygens (including phenoxy) is 2. The van der Waals surface area contributed by atoms with Gasteiger partial charge in [0.2, 0.25) is 5.91 Å². The van der Waals surface area contributed by atoms with Crippen molar-refractivity contribution in [2.45, 2.75) is 51.9 Å². The average molecular weight is 549 g/mol. The summed E-state index contributed by atoms with van der Waals surface area (Å²) in [7, 11) is 1.38. The Morgan fingerprint density at radius 2 is 2.03 bits per heavy atom. The first-order chi connectivity index (χ1) is 19.0. The van der Waals surface area contributed by atoms with E-state index in [9.17, 15) is 9.59 Å². The van der Waals surface area contributed by atoms with Crippen LogP contribution in [0, 0.1) is 11.8 Å². The molecule has 2 aliphatic rings. The lowest BCUT2D eigenvalue weighted by molar-refractivity contribution is -0.123. The van der Waals surface area contributed by atoms with E-state index in [2.05, 4.69) is 30.1 Å². The van der Waals surface area contributed by atoms with Gasteiger partial charge < -0.3 is 18.8 Å². The van der Waals surface area contributed by atoms with Gasteiger partial charge in [-0.15, -0.1) is 11.3 Å².